The van der Waals surface area contributed by atoms with Gasteiger partial charge in [-0.15, -0.1) is 0 Å². The van der Waals surface area contributed by atoms with E-state index in [1.807, 2.05) is 43.7 Å². The van der Waals surface area contributed by atoms with Crippen LogP contribution >= 0.6 is 0 Å². The van der Waals surface area contributed by atoms with Crippen molar-refractivity contribution < 1.29 is 19.8 Å². The topological polar surface area (TPSA) is 95.7 Å². The second kappa shape index (κ2) is 7.75. The van der Waals surface area contributed by atoms with Crippen molar-refractivity contribution in [1.29, 1.82) is 0 Å². The summed E-state index contributed by atoms with van der Waals surface area (Å²) >= 11 is 0. The van der Waals surface area contributed by atoms with E-state index in [1.165, 1.54) is 0 Å². The monoisotopic (exact) mass is 385 g/mol. The highest BCUT2D eigenvalue weighted by atomic mass is 16.4. The molecule has 0 spiro atoms. The lowest BCUT2D eigenvalue weighted by Gasteiger charge is -2.42. The minimum Gasteiger partial charge on any atom is -0.481 e. The molecule has 2 atom stereocenters. The van der Waals surface area contributed by atoms with E-state index in [2.05, 4.69) is 5.10 Å². The Morgan fingerprint density at radius 1 is 1.25 bits per heavy atom. The molecule has 3 rings (SSSR count). The number of piperidine rings is 1. The van der Waals surface area contributed by atoms with Gasteiger partial charge in [0.2, 0.25) is 0 Å². The van der Waals surface area contributed by atoms with Gasteiger partial charge in [0.25, 0.3) is 5.91 Å². The molecule has 1 aromatic heterocycles. The van der Waals surface area contributed by atoms with Gasteiger partial charge in [-0.3, -0.25) is 9.59 Å². The fourth-order valence-electron chi connectivity index (χ4n) is 4.07. The van der Waals surface area contributed by atoms with Gasteiger partial charge in [-0.2, -0.15) is 5.10 Å². The summed E-state index contributed by atoms with van der Waals surface area (Å²) in [5, 5.41) is 24.6. The lowest BCUT2D eigenvalue weighted by molar-refractivity contribution is -0.162. The number of hydrogen-bond acceptors (Lipinski definition) is 4. The third-order valence-electron chi connectivity index (χ3n) is 5.64. The van der Waals surface area contributed by atoms with Crippen molar-refractivity contribution in [2.75, 3.05) is 13.1 Å². The Morgan fingerprint density at radius 3 is 2.43 bits per heavy atom. The Labute approximate surface area is 164 Å². The maximum atomic E-state index is 12.8. The normalized spacial score (nSPS) is 22.3. The Morgan fingerprint density at radius 2 is 1.93 bits per heavy atom. The number of aryl methyl sites for hydroxylation is 2. The van der Waals surface area contributed by atoms with E-state index in [4.69, 9.17) is 0 Å². The predicted octanol–water partition coefficient (Wildman–Crippen LogP) is 2.57. The highest BCUT2D eigenvalue weighted by molar-refractivity contribution is 5.94. The van der Waals surface area contributed by atoms with Gasteiger partial charge in [0, 0.05) is 24.3 Å². The third-order valence-corrected chi connectivity index (χ3v) is 5.64. The van der Waals surface area contributed by atoms with Crippen LogP contribution in [0.25, 0.3) is 5.69 Å². The van der Waals surface area contributed by atoms with Gasteiger partial charge in [0.15, 0.2) is 0 Å². The summed E-state index contributed by atoms with van der Waals surface area (Å²) in [4.78, 5) is 26.1. The number of aliphatic carboxylic acids is 1. The Hall–Kier alpha value is -2.67. The molecule has 7 heteroatoms. The number of rotatable bonds is 5. The van der Waals surface area contributed by atoms with Crippen LogP contribution in [-0.2, 0) is 4.79 Å². The lowest BCUT2D eigenvalue weighted by atomic mass is 9.72. The number of aromatic nitrogens is 2. The number of aliphatic hydroxyl groups is 1. The smallest absolute Gasteiger partial charge is 0.312 e. The first kappa shape index (κ1) is 20.1. The standard InChI is InChI=1S/C21H27N3O4/c1-4-9-21(20(27)28)10-11-23(13-18(21)25)19(26)16-5-7-17(8-6-16)24-15(3)12-14(2)22-24/h5-8,12,18,25H,4,9-11,13H2,1-3H3,(H,27,28)/t18-,21-/m0/s1. The third kappa shape index (κ3) is 3.54. The fraction of sp³-hybridized carbons (Fsp3) is 0.476. The molecule has 1 aliphatic rings. The molecule has 0 bridgehead atoms. The molecule has 1 fully saturated rings. The Balaban J connectivity index is 1.75. The number of likely N-dealkylation sites (tertiary alicyclic amines) is 1. The molecule has 2 aromatic rings. The lowest BCUT2D eigenvalue weighted by Crippen LogP contribution is -2.56. The zero-order valence-electron chi connectivity index (χ0n) is 16.6. The average Bonchev–Trinajstić information content (AvgIpc) is 3.01. The van der Waals surface area contributed by atoms with Crippen molar-refractivity contribution in [2.24, 2.45) is 5.41 Å². The second-order valence-corrected chi connectivity index (χ2v) is 7.61. The van der Waals surface area contributed by atoms with E-state index < -0.39 is 17.5 Å². The summed E-state index contributed by atoms with van der Waals surface area (Å²) < 4.78 is 1.82. The number of amides is 1. The number of carbonyl (C=O) groups excluding carboxylic acids is 1. The van der Waals surface area contributed by atoms with Gasteiger partial charge in [-0.05, 0) is 57.0 Å². The van der Waals surface area contributed by atoms with Crippen molar-refractivity contribution in [2.45, 2.75) is 46.1 Å². The molecule has 7 nitrogen and oxygen atoms in total. The van der Waals surface area contributed by atoms with Crippen LogP contribution in [0.3, 0.4) is 0 Å². The maximum Gasteiger partial charge on any atom is 0.312 e. The molecule has 1 saturated heterocycles. The number of carboxylic acids is 1. The molecule has 0 radical (unpaired) electrons. The molecule has 28 heavy (non-hydrogen) atoms. The minimum absolute atomic E-state index is 0.0321. The van der Waals surface area contributed by atoms with Gasteiger partial charge in [-0.1, -0.05) is 13.3 Å². The van der Waals surface area contributed by atoms with Gasteiger partial charge in [0.1, 0.15) is 0 Å². The summed E-state index contributed by atoms with van der Waals surface area (Å²) in [5.74, 6) is -1.18. The summed E-state index contributed by atoms with van der Waals surface area (Å²) in [6, 6.07) is 9.15. The van der Waals surface area contributed by atoms with Crippen molar-refractivity contribution in [3.05, 3.63) is 47.3 Å². The van der Waals surface area contributed by atoms with Gasteiger partial charge in [-0.25, -0.2) is 4.68 Å². The van der Waals surface area contributed by atoms with Crippen LogP contribution in [0.15, 0.2) is 30.3 Å². The van der Waals surface area contributed by atoms with Crippen LogP contribution < -0.4 is 0 Å². The van der Waals surface area contributed by atoms with E-state index in [0.29, 0.717) is 24.9 Å². The molecule has 1 aliphatic heterocycles. The zero-order chi connectivity index (χ0) is 20.5. The molecule has 150 valence electrons. The Kier molecular flexibility index (Phi) is 5.56. The largest absolute Gasteiger partial charge is 0.481 e. The van der Waals surface area contributed by atoms with Crippen molar-refractivity contribution in [3.8, 4) is 5.69 Å². The van der Waals surface area contributed by atoms with Gasteiger partial charge in [0.05, 0.1) is 22.9 Å². The first-order chi connectivity index (χ1) is 13.3. The van der Waals surface area contributed by atoms with E-state index in [9.17, 15) is 19.8 Å². The highest BCUT2D eigenvalue weighted by Crippen LogP contribution is 2.37. The number of β-amino-alcohol motifs (C(OH)–C–C–N with tert-alkyl or cyclic N) is 1. The van der Waals surface area contributed by atoms with Crippen LogP contribution in [0.1, 0.15) is 47.9 Å². The summed E-state index contributed by atoms with van der Waals surface area (Å²) in [6.07, 6.45) is 0.262. The molecule has 0 saturated carbocycles. The number of carbonyl (C=O) groups is 2. The SMILES string of the molecule is CCC[C@]1(C(=O)O)CCN(C(=O)c2ccc(-n3nc(C)cc3C)cc2)C[C@@H]1O. The van der Waals surface area contributed by atoms with Gasteiger partial charge < -0.3 is 15.1 Å². The molecular formula is C21H27N3O4. The van der Waals surface area contributed by atoms with E-state index in [0.717, 1.165) is 17.1 Å². The second-order valence-electron chi connectivity index (χ2n) is 7.61. The van der Waals surface area contributed by atoms with Crippen molar-refractivity contribution in [3.63, 3.8) is 0 Å². The molecular weight excluding hydrogens is 358 g/mol. The summed E-state index contributed by atoms with van der Waals surface area (Å²) in [6.45, 7) is 6.16. The van der Waals surface area contributed by atoms with E-state index in [-0.39, 0.29) is 18.9 Å². The first-order valence-electron chi connectivity index (χ1n) is 9.63. The van der Waals surface area contributed by atoms with Gasteiger partial charge >= 0.3 is 5.97 Å². The van der Waals surface area contributed by atoms with Crippen LogP contribution in [0, 0.1) is 19.3 Å². The zero-order valence-corrected chi connectivity index (χ0v) is 16.6. The van der Waals surface area contributed by atoms with E-state index in [1.54, 1.807) is 17.0 Å². The van der Waals surface area contributed by atoms with Crippen LogP contribution in [0.2, 0.25) is 0 Å². The van der Waals surface area contributed by atoms with Crippen molar-refractivity contribution >= 4 is 11.9 Å². The summed E-state index contributed by atoms with van der Waals surface area (Å²) in [7, 11) is 0. The minimum atomic E-state index is -1.16. The first-order valence-corrected chi connectivity index (χ1v) is 9.63. The Bertz CT molecular complexity index is 874. The van der Waals surface area contributed by atoms with E-state index >= 15 is 0 Å². The van der Waals surface area contributed by atoms with Crippen molar-refractivity contribution in [1.82, 2.24) is 14.7 Å². The molecule has 2 heterocycles. The number of hydrogen-bond donors (Lipinski definition) is 2. The average molecular weight is 385 g/mol. The number of aliphatic hydroxyl groups excluding tert-OH is 1. The quantitative estimate of drug-likeness (QED) is 0.825. The maximum absolute atomic E-state index is 12.8. The molecule has 1 amide bonds. The number of carboxylic acid groups (broad SMARTS) is 1. The molecule has 0 aliphatic carbocycles. The predicted molar refractivity (Wildman–Crippen MR) is 105 cm³/mol. The molecule has 1 aromatic carbocycles. The van der Waals surface area contributed by atoms with Crippen LogP contribution in [0.4, 0.5) is 0 Å². The molecule has 2 N–H and O–H groups in total. The molecule has 0 unspecified atom stereocenters. The van der Waals surface area contributed by atoms with Crippen LogP contribution in [-0.4, -0.2) is 56.0 Å². The number of benzene rings is 1. The fourth-order valence-corrected chi connectivity index (χ4v) is 4.07. The highest BCUT2D eigenvalue weighted by Gasteiger charge is 2.48. The van der Waals surface area contributed by atoms with Crippen LogP contribution in [0.5, 0.6) is 0 Å². The summed E-state index contributed by atoms with van der Waals surface area (Å²) in [5.41, 5.74) is 2.15. The number of nitrogens with zero attached hydrogens (tertiary/aromatic N) is 3.